The third-order valence-electron chi connectivity index (χ3n) is 1.86. The van der Waals surface area contributed by atoms with Crippen molar-refractivity contribution in [1.82, 2.24) is 0 Å². The zero-order chi connectivity index (χ0) is 12.1. The molecule has 6 heteroatoms. The van der Waals surface area contributed by atoms with Gasteiger partial charge in [0, 0.05) is 11.6 Å². The molecule has 0 saturated heterocycles. The van der Waals surface area contributed by atoms with Gasteiger partial charge in [-0.15, -0.1) is 0 Å². The number of aliphatic carboxylic acids is 1. The highest BCUT2D eigenvalue weighted by Gasteiger charge is 2.12. The van der Waals surface area contributed by atoms with E-state index in [2.05, 4.69) is 0 Å². The molecule has 0 atom stereocenters. The Kier molecular flexibility index (Phi) is 4.07. The first kappa shape index (κ1) is 12.3. The van der Waals surface area contributed by atoms with E-state index in [-0.39, 0.29) is 23.7 Å². The average Bonchev–Trinajstić information content (AvgIpc) is 2.26. The first-order valence-corrected chi connectivity index (χ1v) is 4.40. The van der Waals surface area contributed by atoms with Gasteiger partial charge in [-0.25, -0.2) is 9.18 Å². The Balaban J connectivity index is 2.96. The molecular weight excluding hydrogens is 219 g/mol. The summed E-state index contributed by atoms with van der Waals surface area (Å²) in [5.41, 5.74) is 0.266. The molecule has 1 rings (SSSR count). The van der Waals surface area contributed by atoms with Crippen LogP contribution in [0.2, 0.25) is 0 Å². The molecule has 0 unspecified atom stereocenters. The lowest BCUT2D eigenvalue weighted by Crippen LogP contribution is -2.10. The number of carboxylic acids is 1. The van der Waals surface area contributed by atoms with Crippen molar-refractivity contribution in [2.75, 3.05) is 13.7 Å². The predicted octanol–water partition coefficient (Wildman–Crippen LogP) is 0.790. The van der Waals surface area contributed by atoms with Crippen LogP contribution in [0.5, 0.6) is 11.5 Å². The molecule has 0 bridgehead atoms. The Morgan fingerprint density at radius 2 is 2.12 bits per heavy atom. The summed E-state index contributed by atoms with van der Waals surface area (Å²) >= 11 is 0. The number of ether oxygens (including phenoxy) is 2. The maximum atomic E-state index is 13.3. The van der Waals surface area contributed by atoms with Gasteiger partial charge in [-0.1, -0.05) is 0 Å². The zero-order valence-corrected chi connectivity index (χ0v) is 8.57. The molecule has 0 heterocycles. The van der Waals surface area contributed by atoms with Gasteiger partial charge in [-0.2, -0.15) is 0 Å². The number of hydrogen-bond donors (Lipinski definition) is 2. The fourth-order valence-electron chi connectivity index (χ4n) is 1.14. The van der Waals surface area contributed by atoms with Gasteiger partial charge in [0.05, 0.1) is 13.7 Å². The van der Waals surface area contributed by atoms with Gasteiger partial charge in [0.15, 0.2) is 18.2 Å². The first-order valence-electron chi connectivity index (χ1n) is 4.40. The highest BCUT2D eigenvalue weighted by atomic mass is 19.1. The van der Waals surface area contributed by atoms with Crippen LogP contribution >= 0.6 is 0 Å². The summed E-state index contributed by atoms with van der Waals surface area (Å²) in [6, 6.07) is 2.24. The zero-order valence-electron chi connectivity index (χ0n) is 8.57. The molecule has 16 heavy (non-hydrogen) atoms. The Morgan fingerprint density at radius 1 is 1.44 bits per heavy atom. The summed E-state index contributed by atoms with van der Waals surface area (Å²) in [4.78, 5) is 10.2. The second-order valence-electron chi connectivity index (χ2n) is 2.94. The lowest BCUT2D eigenvalue weighted by molar-refractivity contribution is -0.139. The molecule has 88 valence electrons. The van der Waals surface area contributed by atoms with Crippen molar-refractivity contribution in [2.24, 2.45) is 0 Å². The molecule has 0 radical (unpaired) electrons. The maximum absolute atomic E-state index is 13.3. The van der Waals surface area contributed by atoms with Gasteiger partial charge in [0.1, 0.15) is 5.75 Å². The number of benzene rings is 1. The smallest absolute Gasteiger partial charge is 0.341 e. The van der Waals surface area contributed by atoms with Crippen molar-refractivity contribution in [3.63, 3.8) is 0 Å². The van der Waals surface area contributed by atoms with Crippen LogP contribution in [0, 0.1) is 5.82 Å². The second-order valence-corrected chi connectivity index (χ2v) is 2.94. The number of halogens is 1. The van der Waals surface area contributed by atoms with Gasteiger partial charge in [-0.05, 0) is 6.07 Å². The van der Waals surface area contributed by atoms with E-state index in [0.717, 1.165) is 6.07 Å². The van der Waals surface area contributed by atoms with Crippen LogP contribution in [0.25, 0.3) is 0 Å². The molecule has 1 aromatic carbocycles. The number of rotatable bonds is 5. The van der Waals surface area contributed by atoms with Gasteiger partial charge < -0.3 is 19.7 Å². The van der Waals surface area contributed by atoms with E-state index in [1.54, 1.807) is 0 Å². The van der Waals surface area contributed by atoms with Crippen molar-refractivity contribution >= 4 is 5.97 Å². The molecule has 0 aliphatic carbocycles. The summed E-state index contributed by atoms with van der Waals surface area (Å²) in [6.45, 7) is -1.02. The van der Waals surface area contributed by atoms with Gasteiger partial charge >= 0.3 is 5.97 Å². The number of methoxy groups -OCH3 is 1. The minimum Gasteiger partial charge on any atom is -0.496 e. The van der Waals surface area contributed by atoms with Crippen molar-refractivity contribution in [3.8, 4) is 11.5 Å². The van der Waals surface area contributed by atoms with Crippen LogP contribution in [-0.4, -0.2) is 29.9 Å². The van der Waals surface area contributed by atoms with Crippen molar-refractivity contribution in [3.05, 3.63) is 23.5 Å². The van der Waals surface area contributed by atoms with Crippen LogP contribution in [0.4, 0.5) is 4.39 Å². The van der Waals surface area contributed by atoms with E-state index < -0.39 is 18.4 Å². The Bertz CT molecular complexity index is 391. The third-order valence-corrected chi connectivity index (χ3v) is 1.86. The summed E-state index contributed by atoms with van der Waals surface area (Å²) in [7, 11) is 1.35. The summed E-state index contributed by atoms with van der Waals surface area (Å²) in [6.07, 6.45) is 0. The lowest BCUT2D eigenvalue weighted by atomic mass is 10.2. The third kappa shape index (κ3) is 2.83. The second kappa shape index (κ2) is 5.32. The highest BCUT2D eigenvalue weighted by Crippen LogP contribution is 2.28. The molecule has 0 aliphatic heterocycles. The average molecular weight is 230 g/mol. The predicted molar refractivity (Wildman–Crippen MR) is 52.0 cm³/mol. The molecule has 0 aromatic heterocycles. The molecule has 1 aromatic rings. The number of aliphatic hydroxyl groups is 1. The van der Waals surface area contributed by atoms with Crippen LogP contribution < -0.4 is 9.47 Å². The van der Waals surface area contributed by atoms with E-state index in [1.807, 2.05) is 0 Å². The Labute approximate surface area is 91.0 Å². The largest absolute Gasteiger partial charge is 0.496 e. The Morgan fingerprint density at radius 3 is 2.62 bits per heavy atom. The fraction of sp³-hybridized carbons (Fsp3) is 0.300. The molecule has 0 saturated carbocycles. The molecular formula is C10H11FO5. The van der Waals surface area contributed by atoms with Gasteiger partial charge in [0.2, 0.25) is 0 Å². The topological polar surface area (TPSA) is 76.0 Å². The summed E-state index contributed by atoms with van der Waals surface area (Å²) in [5, 5.41) is 17.3. The molecule has 0 aliphatic rings. The van der Waals surface area contributed by atoms with Crippen molar-refractivity contribution in [1.29, 1.82) is 0 Å². The van der Waals surface area contributed by atoms with Gasteiger partial charge in [-0.3, -0.25) is 0 Å². The van der Waals surface area contributed by atoms with Crippen molar-refractivity contribution in [2.45, 2.75) is 6.61 Å². The van der Waals surface area contributed by atoms with E-state index in [1.165, 1.54) is 13.2 Å². The fourth-order valence-corrected chi connectivity index (χ4v) is 1.14. The van der Waals surface area contributed by atoms with Crippen LogP contribution in [0.15, 0.2) is 12.1 Å². The lowest BCUT2D eigenvalue weighted by Gasteiger charge is -2.10. The highest BCUT2D eigenvalue weighted by molar-refractivity contribution is 5.68. The standard InChI is InChI=1S/C10H11FO5/c1-15-8-3-9(16-5-10(13)14)7(11)2-6(8)4-12/h2-3,12H,4-5H2,1H3,(H,13,14). The molecule has 0 spiro atoms. The summed E-state index contributed by atoms with van der Waals surface area (Å²) in [5.74, 6) is -1.93. The molecule has 0 fully saturated rings. The SMILES string of the molecule is COc1cc(OCC(=O)O)c(F)cc1CO. The van der Waals surface area contributed by atoms with E-state index >= 15 is 0 Å². The number of carboxylic acid groups (broad SMARTS) is 1. The van der Waals surface area contributed by atoms with Crippen molar-refractivity contribution < 1.29 is 28.9 Å². The van der Waals surface area contributed by atoms with Crippen LogP contribution in [0.3, 0.4) is 0 Å². The maximum Gasteiger partial charge on any atom is 0.341 e. The van der Waals surface area contributed by atoms with E-state index in [0.29, 0.717) is 0 Å². The number of aliphatic hydroxyl groups excluding tert-OH is 1. The van der Waals surface area contributed by atoms with Crippen LogP contribution in [-0.2, 0) is 11.4 Å². The van der Waals surface area contributed by atoms with Crippen LogP contribution in [0.1, 0.15) is 5.56 Å². The monoisotopic (exact) mass is 230 g/mol. The van der Waals surface area contributed by atoms with Gasteiger partial charge in [0.25, 0.3) is 0 Å². The Hall–Kier alpha value is -1.82. The number of carbonyl (C=O) groups is 1. The normalized spacial score (nSPS) is 9.94. The number of hydrogen-bond acceptors (Lipinski definition) is 4. The molecule has 0 amide bonds. The summed E-state index contributed by atoms with van der Waals surface area (Å²) < 4.78 is 22.9. The van der Waals surface area contributed by atoms with E-state index in [4.69, 9.17) is 19.7 Å². The van der Waals surface area contributed by atoms with E-state index in [9.17, 15) is 9.18 Å². The minimum absolute atomic E-state index is 0.226. The minimum atomic E-state index is -1.20. The first-order chi connectivity index (χ1) is 7.58. The molecule has 5 nitrogen and oxygen atoms in total. The molecule has 2 N–H and O–H groups in total. The quantitative estimate of drug-likeness (QED) is 0.782.